The molecule has 0 aliphatic carbocycles. The van der Waals surface area contributed by atoms with Gasteiger partial charge in [0.1, 0.15) is 0 Å². The number of nitrogens with zero attached hydrogens (tertiary/aromatic N) is 1. The summed E-state index contributed by atoms with van der Waals surface area (Å²) >= 11 is 0. The van der Waals surface area contributed by atoms with Crippen molar-refractivity contribution in [2.24, 2.45) is 5.73 Å². The van der Waals surface area contributed by atoms with Crippen LogP contribution in [0.3, 0.4) is 0 Å². The Morgan fingerprint density at radius 3 is 2.21 bits per heavy atom. The first-order chi connectivity index (χ1) is 6.40. The first-order valence-corrected chi connectivity index (χ1v) is 5.50. The first-order valence-electron chi connectivity index (χ1n) is 5.50. The molecule has 0 aromatic rings. The molecule has 0 heterocycles. The van der Waals surface area contributed by atoms with E-state index in [0.717, 1.165) is 13.0 Å². The minimum Gasteiger partial charge on any atom is -0.339 e. The predicted octanol–water partition coefficient (Wildman–Crippen LogP) is 1.76. The van der Waals surface area contributed by atoms with Crippen molar-refractivity contribution in [1.29, 1.82) is 0 Å². The Labute approximate surface area is 87.6 Å². The summed E-state index contributed by atoms with van der Waals surface area (Å²) in [5.41, 5.74) is 5.23. The molecule has 14 heavy (non-hydrogen) atoms. The second kappa shape index (κ2) is 5.35. The largest absolute Gasteiger partial charge is 0.339 e. The second-order valence-corrected chi connectivity index (χ2v) is 4.12. The lowest BCUT2D eigenvalue weighted by molar-refractivity contribution is -0.138. The van der Waals surface area contributed by atoms with Crippen molar-refractivity contribution in [2.45, 2.75) is 59.0 Å². The summed E-state index contributed by atoms with van der Waals surface area (Å²) in [5.74, 6) is 0.0665. The van der Waals surface area contributed by atoms with Gasteiger partial charge in [-0.1, -0.05) is 13.8 Å². The summed E-state index contributed by atoms with van der Waals surface area (Å²) in [6.07, 6.45) is 1.65. The van der Waals surface area contributed by atoms with Crippen LogP contribution in [0, 0.1) is 0 Å². The minimum atomic E-state index is -0.709. The highest BCUT2D eigenvalue weighted by Crippen LogP contribution is 2.13. The van der Waals surface area contributed by atoms with Crippen LogP contribution in [0.1, 0.15) is 47.5 Å². The molecular weight excluding hydrogens is 176 g/mol. The quantitative estimate of drug-likeness (QED) is 0.735. The Kier molecular flexibility index (Phi) is 5.13. The summed E-state index contributed by atoms with van der Waals surface area (Å²) in [6, 6.07) is 0.280. The van der Waals surface area contributed by atoms with Gasteiger partial charge in [0.25, 0.3) is 0 Å². The molecule has 1 amide bonds. The number of hydrogen-bond acceptors (Lipinski definition) is 2. The zero-order chi connectivity index (χ0) is 11.4. The number of nitrogens with two attached hydrogens (primary N) is 1. The van der Waals surface area contributed by atoms with E-state index in [1.54, 1.807) is 6.92 Å². The molecule has 0 fully saturated rings. The number of carbonyl (C=O) groups excluding carboxylic acids is 1. The van der Waals surface area contributed by atoms with Gasteiger partial charge >= 0.3 is 0 Å². The maximum absolute atomic E-state index is 12.0. The van der Waals surface area contributed by atoms with Crippen LogP contribution in [-0.2, 0) is 4.79 Å². The van der Waals surface area contributed by atoms with E-state index in [-0.39, 0.29) is 11.9 Å². The third-order valence-corrected chi connectivity index (χ3v) is 2.95. The van der Waals surface area contributed by atoms with Crippen LogP contribution in [0.25, 0.3) is 0 Å². The Morgan fingerprint density at radius 1 is 1.43 bits per heavy atom. The number of carbonyl (C=O) groups is 1. The molecule has 2 atom stereocenters. The zero-order valence-electron chi connectivity index (χ0n) is 10.1. The molecule has 3 heteroatoms. The number of likely N-dealkylation sites (N-methyl/N-ethyl adjacent to an activating group) is 1. The van der Waals surface area contributed by atoms with Crippen molar-refractivity contribution in [2.75, 3.05) is 6.54 Å². The van der Waals surface area contributed by atoms with E-state index in [9.17, 15) is 4.79 Å². The molecule has 0 bridgehead atoms. The van der Waals surface area contributed by atoms with Crippen LogP contribution in [0.4, 0.5) is 0 Å². The van der Waals surface area contributed by atoms with Crippen molar-refractivity contribution in [3.05, 3.63) is 0 Å². The van der Waals surface area contributed by atoms with E-state index in [4.69, 9.17) is 5.73 Å². The normalized spacial score (nSPS) is 17.3. The Balaban J connectivity index is 4.62. The fourth-order valence-corrected chi connectivity index (χ4v) is 1.36. The molecule has 0 aromatic heterocycles. The first kappa shape index (κ1) is 13.4. The number of amides is 1. The lowest BCUT2D eigenvalue weighted by Crippen LogP contribution is -2.55. The molecule has 0 rings (SSSR count). The van der Waals surface area contributed by atoms with Gasteiger partial charge < -0.3 is 10.6 Å². The average Bonchev–Trinajstić information content (AvgIpc) is 2.18. The third-order valence-electron chi connectivity index (χ3n) is 2.95. The number of rotatable bonds is 5. The van der Waals surface area contributed by atoms with Crippen molar-refractivity contribution in [1.82, 2.24) is 4.90 Å². The third kappa shape index (κ3) is 2.98. The SMILES string of the molecule is CCC(C)N(CC)C(=O)C(C)(N)CC. The molecule has 0 aromatic carbocycles. The maximum atomic E-state index is 12.0. The molecule has 0 radical (unpaired) electrons. The van der Waals surface area contributed by atoms with Gasteiger partial charge in [0.05, 0.1) is 5.54 Å². The smallest absolute Gasteiger partial charge is 0.242 e. The molecule has 0 saturated heterocycles. The maximum Gasteiger partial charge on any atom is 0.242 e. The van der Waals surface area contributed by atoms with Gasteiger partial charge in [-0.15, -0.1) is 0 Å². The van der Waals surface area contributed by atoms with Crippen LogP contribution in [0.5, 0.6) is 0 Å². The fourth-order valence-electron chi connectivity index (χ4n) is 1.36. The fraction of sp³-hybridized carbons (Fsp3) is 0.909. The molecule has 2 N–H and O–H groups in total. The second-order valence-electron chi connectivity index (χ2n) is 4.12. The predicted molar refractivity (Wildman–Crippen MR) is 60.0 cm³/mol. The monoisotopic (exact) mass is 200 g/mol. The van der Waals surface area contributed by atoms with Gasteiger partial charge in [0.15, 0.2) is 0 Å². The Bertz CT molecular complexity index is 190. The van der Waals surface area contributed by atoms with Gasteiger partial charge in [-0.3, -0.25) is 4.79 Å². The van der Waals surface area contributed by atoms with Crippen LogP contribution in [0.15, 0.2) is 0 Å². The highest BCUT2D eigenvalue weighted by molar-refractivity contribution is 5.85. The summed E-state index contributed by atoms with van der Waals surface area (Å²) < 4.78 is 0. The van der Waals surface area contributed by atoms with Crippen LogP contribution < -0.4 is 5.73 Å². The van der Waals surface area contributed by atoms with E-state index < -0.39 is 5.54 Å². The molecule has 0 spiro atoms. The molecule has 0 aliphatic heterocycles. The molecule has 0 saturated carbocycles. The van der Waals surface area contributed by atoms with Crippen LogP contribution in [-0.4, -0.2) is 28.9 Å². The molecule has 3 nitrogen and oxygen atoms in total. The average molecular weight is 200 g/mol. The molecule has 2 unspecified atom stereocenters. The Morgan fingerprint density at radius 2 is 1.93 bits per heavy atom. The molecule has 84 valence electrons. The minimum absolute atomic E-state index is 0.0665. The lowest BCUT2D eigenvalue weighted by Gasteiger charge is -2.34. The van der Waals surface area contributed by atoms with Gasteiger partial charge in [-0.25, -0.2) is 0 Å². The van der Waals surface area contributed by atoms with E-state index in [1.807, 2.05) is 18.7 Å². The van der Waals surface area contributed by atoms with E-state index in [1.165, 1.54) is 0 Å². The summed E-state index contributed by atoms with van der Waals surface area (Å²) in [6.45, 7) is 10.6. The van der Waals surface area contributed by atoms with Crippen LogP contribution in [0.2, 0.25) is 0 Å². The number of hydrogen-bond donors (Lipinski definition) is 1. The molecule has 0 aliphatic rings. The van der Waals surface area contributed by atoms with Crippen molar-refractivity contribution in [3.63, 3.8) is 0 Å². The summed E-state index contributed by atoms with van der Waals surface area (Å²) in [4.78, 5) is 13.9. The standard InChI is InChI=1S/C11H24N2O/c1-6-9(4)13(8-3)10(14)11(5,12)7-2/h9H,6-8,12H2,1-5H3. The summed E-state index contributed by atoms with van der Waals surface area (Å²) in [5, 5.41) is 0. The lowest BCUT2D eigenvalue weighted by atomic mass is 9.97. The van der Waals surface area contributed by atoms with Gasteiger partial charge in [-0.2, -0.15) is 0 Å². The van der Waals surface area contributed by atoms with Gasteiger partial charge in [0, 0.05) is 12.6 Å². The van der Waals surface area contributed by atoms with Crippen molar-refractivity contribution < 1.29 is 4.79 Å². The van der Waals surface area contributed by atoms with E-state index >= 15 is 0 Å². The van der Waals surface area contributed by atoms with E-state index in [0.29, 0.717) is 6.42 Å². The van der Waals surface area contributed by atoms with Crippen LogP contribution >= 0.6 is 0 Å². The van der Waals surface area contributed by atoms with Gasteiger partial charge in [-0.05, 0) is 33.6 Å². The van der Waals surface area contributed by atoms with Crippen molar-refractivity contribution >= 4 is 5.91 Å². The van der Waals surface area contributed by atoms with Gasteiger partial charge in [0.2, 0.25) is 5.91 Å². The molecular formula is C11H24N2O. The highest BCUT2D eigenvalue weighted by Gasteiger charge is 2.31. The van der Waals surface area contributed by atoms with Crippen molar-refractivity contribution in [3.8, 4) is 0 Å². The zero-order valence-corrected chi connectivity index (χ0v) is 10.1. The topological polar surface area (TPSA) is 46.3 Å². The van der Waals surface area contributed by atoms with E-state index in [2.05, 4.69) is 13.8 Å². The highest BCUT2D eigenvalue weighted by atomic mass is 16.2. The summed E-state index contributed by atoms with van der Waals surface area (Å²) in [7, 11) is 0. The Hall–Kier alpha value is -0.570.